The molecule has 0 atom stereocenters. The highest BCUT2D eigenvalue weighted by atomic mass is 32.1. The molecule has 0 aliphatic carbocycles. The summed E-state index contributed by atoms with van der Waals surface area (Å²) in [5.74, 6) is -0.192. The molecule has 2 N–H and O–H groups in total. The van der Waals surface area contributed by atoms with Gasteiger partial charge in [-0.3, -0.25) is 4.90 Å². The van der Waals surface area contributed by atoms with E-state index in [1.54, 1.807) is 22.9 Å². The van der Waals surface area contributed by atoms with Crippen molar-refractivity contribution in [2.24, 2.45) is 5.73 Å². The Kier molecular flexibility index (Phi) is 4.41. The highest BCUT2D eigenvalue weighted by Crippen LogP contribution is 2.13. The van der Waals surface area contributed by atoms with Gasteiger partial charge >= 0.3 is 0 Å². The molecule has 0 saturated carbocycles. The third-order valence-corrected chi connectivity index (χ3v) is 3.34. The molecule has 0 radical (unpaired) electrons. The zero-order chi connectivity index (χ0) is 13.0. The Hall–Kier alpha value is -1.30. The lowest BCUT2D eigenvalue weighted by atomic mass is 10.1. The van der Waals surface area contributed by atoms with Gasteiger partial charge in [-0.25, -0.2) is 9.37 Å². The number of thiazole rings is 1. The monoisotopic (exact) mass is 265 g/mol. The van der Waals surface area contributed by atoms with Crippen LogP contribution in [0.25, 0.3) is 0 Å². The maximum atomic E-state index is 13.8. The second-order valence-corrected chi connectivity index (χ2v) is 5.00. The van der Waals surface area contributed by atoms with E-state index < -0.39 is 0 Å². The van der Waals surface area contributed by atoms with Crippen molar-refractivity contribution in [1.29, 1.82) is 0 Å². The highest BCUT2D eigenvalue weighted by Gasteiger charge is 2.07. The molecule has 0 aliphatic heterocycles. The molecule has 0 fully saturated rings. The summed E-state index contributed by atoms with van der Waals surface area (Å²) in [6.07, 6.45) is 0. The molecule has 0 aliphatic rings. The van der Waals surface area contributed by atoms with Crippen molar-refractivity contribution in [1.82, 2.24) is 9.88 Å². The summed E-state index contributed by atoms with van der Waals surface area (Å²) in [7, 11) is 1.95. The van der Waals surface area contributed by atoms with Crippen molar-refractivity contribution in [3.8, 4) is 0 Å². The van der Waals surface area contributed by atoms with Gasteiger partial charge in [0.1, 0.15) is 5.82 Å². The molecule has 0 saturated heterocycles. The van der Waals surface area contributed by atoms with Crippen molar-refractivity contribution >= 4 is 11.3 Å². The minimum atomic E-state index is -0.192. The smallest absolute Gasteiger partial charge is 0.128 e. The second-order valence-electron chi connectivity index (χ2n) is 4.28. The Morgan fingerprint density at radius 3 is 2.83 bits per heavy atom. The van der Waals surface area contributed by atoms with Gasteiger partial charge in [-0.2, -0.15) is 0 Å². The van der Waals surface area contributed by atoms with Crippen LogP contribution in [0.5, 0.6) is 0 Å². The standard InChI is InChI=1S/C13H16FN3S/c1-17(7-12-8-18-9-16-12)6-11-3-2-10(5-15)4-13(11)14/h2-4,8-9H,5-7,15H2,1H3. The molecule has 1 aromatic heterocycles. The van der Waals surface area contributed by atoms with E-state index in [1.807, 2.05) is 23.4 Å². The molecule has 2 rings (SSSR count). The molecule has 0 unspecified atom stereocenters. The number of benzene rings is 1. The second kappa shape index (κ2) is 6.04. The van der Waals surface area contributed by atoms with E-state index in [1.165, 1.54) is 6.07 Å². The average molecular weight is 265 g/mol. The van der Waals surface area contributed by atoms with Crippen LogP contribution in [-0.4, -0.2) is 16.9 Å². The summed E-state index contributed by atoms with van der Waals surface area (Å²) < 4.78 is 13.8. The highest BCUT2D eigenvalue weighted by molar-refractivity contribution is 7.07. The Labute approximate surface area is 110 Å². The van der Waals surface area contributed by atoms with E-state index in [4.69, 9.17) is 5.73 Å². The van der Waals surface area contributed by atoms with Crippen molar-refractivity contribution in [3.63, 3.8) is 0 Å². The van der Waals surface area contributed by atoms with Gasteiger partial charge in [0.15, 0.2) is 0 Å². The maximum absolute atomic E-state index is 13.8. The minimum absolute atomic E-state index is 0.192. The molecule has 0 bridgehead atoms. The van der Waals surface area contributed by atoms with Crippen LogP contribution in [0, 0.1) is 5.82 Å². The van der Waals surface area contributed by atoms with E-state index in [9.17, 15) is 4.39 Å². The Bertz CT molecular complexity index is 499. The zero-order valence-electron chi connectivity index (χ0n) is 10.3. The van der Waals surface area contributed by atoms with Gasteiger partial charge in [0, 0.05) is 30.6 Å². The van der Waals surface area contributed by atoms with Gasteiger partial charge in [-0.1, -0.05) is 12.1 Å². The van der Waals surface area contributed by atoms with Gasteiger partial charge in [0.2, 0.25) is 0 Å². The molecule has 1 heterocycles. The topological polar surface area (TPSA) is 42.2 Å². The van der Waals surface area contributed by atoms with Crippen LogP contribution in [0.1, 0.15) is 16.8 Å². The molecule has 96 valence electrons. The molecule has 0 spiro atoms. The number of nitrogens with two attached hydrogens (primary N) is 1. The summed E-state index contributed by atoms with van der Waals surface area (Å²) in [5.41, 5.74) is 9.80. The van der Waals surface area contributed by atoms with Gasteiger partial charge in [-0.05, 0) is 18.7 Å². The van der Waals surface area contributed by atoms with E-state index in [0.717, 1.165) is 17.8 Å². The third kappa shape index (κ3) is 3.35. The van der Waals surface area contributed by atoms with Crippen molar-refractivity contribution in [3.05, 3.63) is 51.7 Å². The molecule has 1 aromatic carbocycles. The fraction of sp³-hybridized carbons (Fsp3) is 0.308. The summed E-state index contributed by atoms with van der Waals surface area (Å²) in [5, 5.41) is 2.00. The van der Waals surface area contributed by atoms with Crippen LogP contribution in [0.3, 0.4) is 0 Å². The molecular formula is C13H16FN3S. The third-order valence-electron chi connectivity index (χ3n) is 2.71. The van der Waals surface area contributed by atoms with Crippen LogP contribution in [0.4, 0.5) is 4.39 Å². The summed E-state index contributed by atoms with van der Waals surface area (Å²) in [6, 6.07) is 5.18. The van der Waals surface area contributed by atoms with Crippen LogP contribution >= 0.6 is 11.3 Å². The fourth-order valence-electron chi connectivity index (χ4n) is 1.78. The maximum Gasteiger partial charge on any atom is 0.128 e. The van der Waals surface area contributed by atoms with Gasteiger partial charge < -0.3 is 5.73 Å². The lowest BCUT2D eigenvalue weighted by Gasteiger charge is -2.16. The molecule has 18 heavy (non-hydrogen) atoms. The lowest BCUT2D eigenvalue weighted by molar-refractivity contribution is 0.310. The number of halogens is 1. The minimum Gasteiger partial charge on any atom is -0.326 e. The van der Waals surface area contributed by atoms with Gasteiger partial charge in [0.25, 0.3) is 0 Å². The first-order valence-corrected chi connectivity index (χ1v) is 6.66. The molecule has 5 heteroatoms. The predicted octanol–water partition coefficient (Wildman–Crippen LogP) is 2.37. The number of rotatable bonds is 5. The number of hydrogen-bond acceptors (Lipinski definition) is 4. The summed E-state index contributed by atoms with van der Waals surface area (Å²) in [4.78, 5) is 6.25. The largest absolute Gasteiger partial charge is 0.326 e. The van der Waals surface area contributed by atoms with E-state index in [-0.39, 0.29) is 5.82 Å². The van der Waals surface area contributed by atoms with Crippen LogP contribution in [-0.2, 0) is 19.6 Å². The first-order valence-electron chi connectivity index (χ1n) is 5.72. The Morgan fingerprint density at radius 1 is 1.39 bits per heavy atom. The van der Waals surface area contributed by atoms with Crippen LogP contribution < -0.4 is 5.73 Å². The van der Waals surface area contributed by atoms with Crippen molar-refractivity contribution in [2.75, 3.05) is 7.05 Å². The normalized spacial score (nSPS) is 11.1. The van der Waals surface area contributed by atoms with Crippen LogP contribution in [0.15, 0.2) is 29.1 Å². The quantitative estimate of drug-likeness (QED) is 0.902. The Balaban J connectivity index is 2.00. The van der Waals surface area contributed by atoms with E-state index in [2.05, 4.69) is 4.98 Å². The summed E-state index contributed by atoms with van der Waals surface area (Å²) >= 11 is 1.57. The molecule has 2 aromatic rings. The van der Waals surface area contributed by atoms with Crippen molar-refractivity contribution < 1.29 is 4.39 Å². The van der Waals surface area contributed by atoms with Gasteiger partial charge in [-0.15, -0.1) is 11.3 Å². The number of hydrogen-bond donors (Lipinski definition) is 1. The van der Waals surface area contributed by atoms with E-state index >= 15 is 0 Å². The lowest BCUT2D eigenvalue weighted by Crippen LogP contribution is -2.18. The zero-order valence-corrected chi connectivity index (χ0v) is 11.1. The number of aromatic nitrogens is 1. The SMILES string of the molecule is CN(Cc1cscn1)Cc1ccc(CN)cc1F. The Morgan fingerprint density at radius 2 is 2.22 bits per heavy atom. The van der Waals surface area contributed by atoms with Crippen molar-refractivity contribution in [2.45, 2.75) is 19.6 Å². The predicted molar refractivity (Wildman–Crippen MR) is 71.6 cm³/mol. The molecular weight excluding hydrogens is 249 g/mol. The first-order chi connectivity index (χ1) is 8.69. The van der Waals surface area contributed by atoms with E-state index in [0.29, 0.717) is 18.7 Å². The fourth-order valence-corrected chi connectivity index (χ4v) is 2.33. The number of nitrogens with zero attached hydrogens (tertiary/aromatic N) is 2. The average Bonchev–Trinajstić information content (AvgIpc) is 2.84. The molecule has 3 nitrogen and oxygen atoms in total. The summed E-state index contributed by atoms with van der Waals surface area (Å²) in [6.45, 7) is 1.65. The van der Waals surface area contributed by atoms with Crippen LogP contribution in [0.2, 0.25) is 0 Å². The first kappa shape index (κ1) is 13.1. The molecule has 0 amide bonds. The van der Waals surface area contributed by atoms with Gasteiger partial charge in [0.05, 0.1) is 11.2 Å².